The molecule has 0 unspecified atom stereocenters. The molecule has 0 atom stereocenters. The summed E-state index contributed by atoms with van der Waals surface area (Å²) in [5, 5.41) is 0. The molecule has 0 amide bonds. The van der Waals surface area contributed by atoms with E-state index < -0.39 is 0 Å². The van der Waals surface area contributed by atoms with Crippen molar-refractivity contribution in [2.45, 2.75) is 32.1 Å². The van der Waals surface area contributed by atoms with Crippen molar-refractivity contribution in [3.8, 4) is 22.6 Å². The van der Waals surface area contributed by atoms with Crippen molar-refractivity contribution in [3.05, 3.63) is 90.4 Å². The zero-order chi connectivity index (χ0) is 23.6. The number of pyridine rings is 1. The average molecular weight is 458 g/mol. The van der Waals surface area contributed by atoms with Gasteiger partial charge >= 0.3 is 0 Å². The summed E-state index contributed by atoms with van der Waals surface area (Å²) in [6, 6.07) is 18.6. The fraction of sp³-hybridized carbons (Fsp3) is 0.345. The van der Waals surface area contributed by atoms with Crippen molar-refractivity contribution in [2.75, 3.05) is 32.8 Å². The number of benzene rings is 2. The van der Waals surface area contributed by atoms with E-state index >= 15 is 0 Å². The van der Waals surface area contributed by atoms with Crippen molar-refractivity contribution < 1.29 is 9.47 Å². The van der Waals surface area contributed by atoms with Crippen molar-refractivity contribution in [2.24, 2.45) is 5.73 Å². The number of hydrogen-bond donors (Lipinski definition) is 1. The van der Waals surface area contributed by atoms with Gasteiger partial charge in [-0.3, -0.25) is 4.98 Å². The molecule has 2 aromatic carbocycles. The Kier molecular flexibility index (Phi) is 8.58. The number of allylic oxidation sites excluding steroid dienone is 1. The molecule has 178 valence electrons. The maximum absolute atomic E-state index is 5.61. The number of hydrogen-bond acceptors (Lipinski definition) is 5. The van der Waals surface area contributed by atoms with Gasteiger partial charge in [-0.05, 0) is 85.8 Å². The molecule has 2 aliphatic rings. The highest BCUT2D eigenvalue weighted by atomic mass is 16.6. The van der Waals surface area contributed by atoms with Crippen LogP contribution in [0.4, 0.5) is 0 Å². The van der Waals surface area contributed by atoms with Gasteiger partial charge in [-0.15, -0.1) is 0 Å². The Labute approximate surface area is 203 Å². The van der Waals surface area contributed by atoms with Gasteiger partial charge in [0.2, 0.25) is 0 Å². The molecule has 1 aromatic heterocycles. The minimum atomic E-state index is 0.668. The van der Waals surface area contributed by atoms with Crippen molar-refractivity contribution >= 4 is 0 Å². The zero-order valence-electron chi connectivity index (χ0n) is 19.9. The van der Waals surface area contributed by atoms with E-state index in [0.29, 0.717) is 18.9 Å². The molecule has 3 aromatic rings. The maximum Gasteiger partial charge on any atom is 0.161 e. The van der Waals surface area contributed by atoms with Crippen LogP contribution in [-0.2, 0) is 12.8 Å². The number of aromatic nitrogens is 1. The first-order chi connectivity index (χ1) is 16.7. The van der Waals surface area contributed by atoms with Crippen molar-refractivity contribution in [1.82, 2.24) is 9.88 Å². The number of nitrogens with two attached hydrogens (primary N) is 1. The second-order valence-electron chi connectivity index (χ2n) is 8.90. The van der Waals surface area contributed by atoms with Crippen LogP contribution in [0.15, 0.2) is 79.3 Å². The van der Waals surface area contributed by atoms with E-state index in [-0.39, 0.29) is 0 Å². The number of nitrogens with zero attached hydrogens (tertiary/aromatic N) is 2. The maximum atomic E-state index is 5.61. The van der Waals surface area contributed by atoms with Crippen LogP contribution < -0.4 is 15.2 Å². The van der Waals surface area contributed by atoms with Crippen molar-refractivity contribution in [1.29, 1.82) is 0 Å². The smallest absolute Gasteiger partial charge is 0.161 e. The normalized spacial score (nSPS) is 14.8. The van der Waals surface area contributed by atoms with Crippen LogP contribution in [0.2, 0.25) is 0 Å². The fourth-order valence-corrected chi connectivity index (χ4v) is 4.37. The molecule has 5 nitrogen and oxygen atoms in total. The van der Waals surface area contributed by atoms with E-state index in [1.165, 1.54) is 55.6 Å². The van der Waals surface area contributed by atoms with Gasteiger partial charge in [-0.1, -0.05) is 43.0 Å². The molecule has 34 heavy (non-hydrogen) atoms. The van der Waals surface area contributed by atoms with Gasteiger partial charge in [0.1, 0.15) is 13.2 Å². The first-order valence-corrected chi connectivity index (χ1v) is 12.2. The van der Waals surface area contributed by atoms with E-state index in [1.54, 1.807) is 6.20 Å². The third kappa shape index (κ3) is 7.09. The molecular formula is C29H35N3O2. The molecule has 1 fully saturated rings. The lowest BCUT2D eigenvalue weighted by Crippen LogP contribution is -2.20. The predicted molar refractivity (Wildman–Crippen MR) is 138 cm³/mol. The molecule has 0 spiro atoms. The van der Waals surface area contributed by atoms with Crippen LogP contribution in [0.1, 0.15) is 30.4 Å². The lowest BCUT2D eigenvalue weighted by molar-refractivity contribution is 0.171. The number of fused-ring (bicyclic) bond motifs is 1. The first kappa shape index (κ1) is 23.8. The van der Waals surface area contributed by atoms with Crippen LogP contribution in [0, 0.1) is 0 Å². The van der Waals surface area contributed by atoms with Crippen LogP contribution in [0.5, 0.6) is 11.5 Å². The molecule has 3 heterocycles. The molecule has 5 heteroatoms. The number of rotatable bonds is 7. The van der Waals surface area contributed by atoms with E-state index in [1.807, 2.05) is 24.4 Å². The molecule has 0 saturated carbocycles. The zero-order valence-corrected chi connectivity index (χ0v) is 19.9. The molecule has 0 aliphatic carbocycles. The topological polar surface area (TPSA) is 60.6 Å². The molecule has 5 rings (SSSR count). The summed E-state index contributed by atoms with van der Waals surface area (Å²) in [5.41, 5.74) is 11.1. The Morgan fingerprint density at radius 3 is 2.35 bits per heavy atom. The third-order valence-electron chi connectivity index (χ3n) is 6.13. The summed E-state index contributed by atoms with van der Waals surface area (Å²) in [6.07, 6.45) is 9.49. The van der Waals surface area contributed by atoms with E-state index in [2.05, 4.69) is 52.9 Å². The van der Waals surface area contributed by atoms with Gasteiger partial charge in [0.05, 0.1) is 0 Å². The average Bonchev–Trinajstić information content (AvgIpc) is 3.39. The first-order valence-electron chi connectivity index (χ1n) is 12.2. The Balaban J connectivity index is 0.000000162. The van der Waals surface area contributed by atoms with Crippen LogP contribution >= 0.6 is 0 Å². The molecule has 0 bridgehead atoms. The van der Waals surface area contributed by atoms with Gasteiger partial charge in [-0.25, -0.2) is 0 Å². The number of aryl methyl sites for hydroxylation is 1. The Bertz CT molecular complexity index is 1040. The van der Waals surface area contributed by atoms with Crippen LogP contribution in [0.25, 0.3) is 11.1 Å². The molecule has 2 aliphatic heterocycles. The number of likely N-dealkylation sites (tertiary alicyclic amines) is 1. The Morgan fingerprint density at radius 2 is 1.65 bits per heavy atom. The standard InChI is InChI=1S/C15H21NO2.C14H14N2/c1-2-8-16(7-1)9-3-4-13-5-6-14-15(12-13)18-11-10-17-14;1-11(15)9-12-4-6-13(7-5-12)14-3-2-8-16-10-14/h5-6,12H,1-4,7-11H2;2-8,10H,1,9,15H2. The van der Waals surface area contributed by atoms with Crippen LogP contribution in [-0.4, -0.2) is 42.7 Å². The highest BCUT2D eigenvalue weighted by Crippen LogP contribution is 2.31. The van der Waals surface area contributed by atoms with Crippen molar-refractivity contribution in [3.63, 3.8) is 0 Å². The lowest BCUT2D eigenvalue weighted by atomic mass is 10.0. The summed E-state index contributed by atoms with van der Waals surface area (Å²) in [6.45, 7) is 8.85. The third-order valence-corrected chi connectivity index (χ3v) is 6.13. The second kappa shape index (κ2) is 12.2. The fourth-order valence-electron chi connectivity index (χ4n) is 4.37. The predicted octanol–water partition coefficient (Wildman–Crippen LogP) is 5.25. The summed E-state index contributed by atoms with van der Waals surface area (Å²) in [4.78, 5) is 6.67. The van der Waals surface area contributed by atoms with E-state index in [0.717, 1.165) is 29.9 Å². The Hall–Kier alpha value is -3.31. The van der Waals surface area contributed by atoms with Gasteiger partial charge in [-0.2, -0.15) is 0 Å². The highest BCUT2D eigenvalue weighted by Gasteiger charge is 2.13. The van der Waals surface area contributed by atoms with E-state index in [9.17, 15) is 0 Å². The minimum Gasteiger partial charge on any atom is -0.486 e. The van der Waals surface area contributed by atoms with Crippen LogP contribution in [0.3, 0.4) is 0 Å². The molecule has 2 N–H and O–H groups in total. The summed E-state index contributed by atoms with van der Waals surface area (Å²) < 4.78 is 11.1. The molecular weight excluding hydrogens is 422 g/mol. The summed E-state index contributed by atoms with van der Waals surface area (Å²) >= 11 is 0. The quantitative estimate of drug-likeness (QED) is 0.525. The van der Waals surface area contributed by atoms with Gasteiger partial charge < -0.3 is 20.1 Å². The lowest BCUT2D eigenvalue weighted by Gasteiger charge is -2.19. The second-order valence-corrected chi connectivity index (χ2v) is 8.90. The highest BCUT2D eigenvalue weighted by molar-refractivity contribution is 5.62. The minimum absolute atomic E-state index is 0.668. The molecule has 1 saturated heterocycles. The molecule has 0 radical (unpaired) electrons. The summed E-state index contributed by atoms with van der Waals surface area (Å²) in [7, 11) is 0. The van der Waals surface area contributed by atoms with Gasteiger partial charge in [0.25, 0.3) is 0 Å². The Morgan fingerprint density at radius 1 is 0.912 bits per heavy atom. The van der Waals surface area contributed by atoms with Gasteiger partial charge in [0, 0.05) is 24.5 Å². The van der Waals surface area contributed by atoms with Gasteiger partial charge in [0.15, 0.2) is 11.5 Å². The largest absolute Gasteiger partial charge is 0.486 e. The monoisotopic (exact) mass is 457 g/mol. The number of ether oxygens (including phenoxy) is 2. The summed E-state index contributed by atoms with van der Waals surface area (Å²) in [5.74, 6) is 1.81. The van der Waals surface area contributed by atoms with E-state index in [4.69, 9.17) is 15.2 Å². The SMILES string of the molecule is C=C(N)Cc1ccc(-c2cccnc2)cc1.c1cc2c(cc1CCCN1CCCC1)OCCO2.